The SMILES string of the molecule is CO[C@]1(C)CC(O)OCC1O. The minimum Gasteiger partial charge on any atom is -0.388 e. The van der Waals surface area contributed by atoms with Gasteiger partial charge in [-0.15, -0.1) is 0 Å². The van der Waals surface area contributed by atoms with Crippen LogP contribution in [0.3, 0.4) is 0 Å². The Morgan fingerprint density at radius 2 is 2.18 bits per heavy atom. The molecule has 0 spiro atoms. The molecule has 0 aliphatic carbocycles. The Kier molecular flexibility index (Phi) is 2.49. The molecule has 1 rings (SSSR count). The van der Waals surface area contributed by atoms with E-state index in [-0.39, 0.29) is 6.61 Å². The summed E-state index contributed by atoms with van der Waals surface area (Å²) in [5, 5.41) is 18.5. The molecule has 1 saturated heterocycles. The maximum absolute atomic E-state index is 9.38. The van der Waals surface area contributed by atoms with E-state index in [0.717, 1.165) is 0 Å². The van der Waals surface area contributed by atoms with Crippen molar-refractivity contribution >= 4 is 0 Å². The second kappa shape index (κ2) is 3.06. The van der Waals surface area contributed by atoms with Crippen molar-refractivity contribution in [2.24, 2.45) is 0 Å². The first-order valence-electron chi connectivity index (χ1n) is 3.61. The summed E-state index contributed by atoms with van der Waals surface area (Å²) < 4.78 is 9.88. The summed E-state index contributed by atoms with van der Waals surface area (Å²) in [5.74, 6) is 0. The molecule has 0 aromatic rings. The van der Waals surface area contributed by atoms with Crippen LogP contribution in [0.2, 0.25) is 0 Å². The normalized spacial score (nSPS) is 45.8. The smallest absolute Gasteiger partial charge is 0.157 e. The minimum absolute atomic E-state index is 0.130. The van der Waals surface area contributed by atoms with Crippen molar-refractivity contribution in [3.05, 3.63) is 0 Å². The second-order valence-electron chi connectivity index (χ2n) is 3.02. The van der Waals surface area contributed by atoms with Crippen molar-refractivity contribution in [3.63, 3.8) is 0 Å². The highest BCUT2D eigenvalue weighted by Gasteiger charge is 2.39. The van der Waals surface area contributed by atoms with Crippen molar-refractivity contribution in [3.8, 4) is 0 Å². The first-order valence-corrected chi connectivity index (χ1v) is 3.61. The third-order valence-corrected chi connectivity index (χ3v) is 2.20. The summed E-state index contributed by atoms with van der Waals surface area (Å²) in [7, 11) is 1.52. The van der Waals surface area contributed by atoms with Gasteiger partial charge < -0.3 is 19.7 Å². The first-order chi connectivity index (χ1) is 5.08. The standard InChI is InChI=1S/C7H14O4/c1-7(10-2)3-6(9)11-4-5(7)8/h5-6,8-9H,3-4H2,1-2H3/t5?,6?,7-/m1/s1. The lowest BCUT2D eigenvalue weighted by Gasteiger charge is -2.38. The molecule has 4 heteroatoms. The predicted octanol–water partition coefficient (Wildman–Crippen LogP) is -0.509. The van der Waals surface area contributed by atoms with Gasteiger partial charge in [0, 0.05) is 13.5 Å². The first kappa shape index (κ1) is 8.93. The van der Waals surface area contributed by atoms with Crippen molar-refractivity contribution in [2.45, 2.75) is 31.3 Å². The molecule has 2 N–H and O–H groups in total. The van der Waals surface area contributed by atoms with Gasteiger partial charge in [0.25, 0.3) is 0 Å². The van der Waals surface area contributed by atoms with Gasteiger partial charge in [-0.2, -0.15) is 0 Å². The topological polar surface area (TPSA) is 58.9 Å². The fourth-order valence-corrected chi connectivity index (χ4v) is 1.14. The molecule has 1 aliphatic rings. The van der Waals surface area contributed by atoms with E-state index in [0.29, 0.717) is 6.42 Å². The number of aliphatic hydroxyl groups excluding tert-OH is 2. The number of hydrogen-bond donors (Lipinski definition) is 2. The summed E-state index contributed by atoms with van der Waals surface area (Å²) in [6.07, 6.45) is -1.16. The van der Waals surface area contributed by atoms with Gasteiger partial charge in [0.2, 0.25) is 0 Å². The van der Waals surface area contributed by atoms with Gasteiger partial charge in [-0.3, -0.25) is 0 Å². The zero-order chi connectivity index (χ0) is 8.48. The van der Waals surface area contributed by atoms with Crippen LogP contribution in [0.4, 0.5) is 0 Å². The van der Waals surface area contributed by atoms with Crippen LogP contribution in [0.1, 0.15) is 13.3 Å². The molecule has 2 unspecified atom stereocenters. The molecule has 1 aliphatic heterocycles. The lowest BCUT2D eigenvalue weighted by molar-refractivity contribution is -0.235. The van der Waals surface area contributed by atoms with Crippen molar-refractivity contribution in [1.82, 2.24) is 0 Å². The molecule has 0 amide bonds. The summed E-state index contributed by atoms with van der Waals surface area (Å²) in [4.78, 5) is 0. The van der Waals surface area contributed by atoms with Crippen LogP contribution in [-0.2, 0) is 9.47 Å². The minimum atomic E-state index is -0.816. The summed E-state index contributed by atoms with van der Waals surface area (Å²) in [5.41, 5.74) is -0.669. The Hall–Kier alpha value is -0.160. The van der Waals surface area contributed by atoms with Crippen molar-refractivity contribution < 1.29 is 19.7 Å². The molecule has 0 saturated carbocycles. The molecule has 3 atom stereocenters. The van der Waals surface area contributed by atoms with Crippen LogP contribution in [0, 0.1) is 0 Å². The average molecular weight is 162 g/mol. The Bertz CT molecular complexity index is 138. The Balaban J connectivity index is 2.60. The molecule has 0 radical (unpaired) electrons. The average Bonchev–Trinajstić information content (AvgIpc) is 1.98. The molecular weight excluding hydrogens is 148 g/mol. The third-order valence-electron chi connectivity index (χ3n) is 2.20. The Labute approximate surface area is 65.7 Å². The molecule has 1 fully saturated rings. The Morgan fingerprint density at radius 3 is 2.64 bits per heavy atom. The van der Waals surface area contributed by atoms with E-state index in [9.17, 15) is 5.11 Å². The maximum Gasteiger partial charge on any atom is 0.157 e. The van der Waals surface area contributed by atoms with Crippen LogP contribution in [0.15, 0.2) is 0 Å². The van der Waals surface area contributed by atoms with Gasteiger partial charge in [-0.1, -0.05) is 0 Å². The summed E-state index contributed by atoms with van der Waals surface area (Å²) >= 11 is 0. The van der Waals surface area contributed by atoms with Gasteiger partial charge in [0.05, 0.1) is 12.2 Å². The van der Waals surface area contributed by atoms with E-state index >= 15 is 0 Å². The lowest BCUT2D eigenvalue weighted by Crippen LogP contribution is -2.51. The maximum atomic E-state index is 9.38. The largest absolute Gasteiger partial charge is 0.388 e. The molecule has 1 heterocycles. The molecule has 4 nitrogen and oxygen atoms in total. The quantitative estimate of drug-likeness (QED) is 0.545. The van der Waals surface area contributed by atoms with E-state index in [1.807, 2.05) is 0 Å². The summed E-state index contributed by atoms with van der Waals surface area (Å²) in [6, 6.07) is 0. The van der Waals surface area contributed by atoms with Crippen LogP contribution >= 0.6 is 0 Å². The highest BCUT2D eigenvalue weighted by atomic mass is 16.6. The predicted molar refractivity (Wildman–Crippen MR) is 38.0 cm³/mol. The molecule has 0 aromatic heterocycles. The van der Waals surface area contributed by atoms with Crippen LogP contribution in [0.5, 0.6) is 0 Å². The third kappa shape index (κ3) is 1.70. The van der Waals surface area contributed by atoms with E-state index in [1.54, 1.807) is 6.92 Å². The van der Waals surface area contributed by atoms with Crippen LogP contribution in [0.25, 0.3) is 0 Å². The highest BCUT2D eigenvalue weighted by molar-refractivity contribution is 4.87. The fraction of sp³-hybridized carbons (Fsp3) is 1.00. The van der Waals surface area contributed by atoms with Gasteiger partial charge in [0.15, 0.2) is 6.29 Å². The van der Waals surface area contributed by atoms with E-state index in [4.69, 9.17) is 14.6 Å². The molecule has 0 bridgehead atoms. The fourth-order valence-electron chi connectivity index (χ4n) is 1.14. The lowest BCUT2D eigenvalue weighted by atomic mass is 9.93. The monoisotopic (exact) mass is 162 g/mol. The molecule has 11 heavy (non-hydrogen) atoms. The van der Waals surface area contributed by atoms with E-state index < -0.39 is 18.0 Å². The van der Waals surface area contributed by atoms with Gasteiger partial charge in [-0.05, 0) is 6.92 Å². The number of rotatable bonds is 1. The van der Waals surface area contributed by atoms with Crippen LogP contribution in [-0.4, -0.2) is 41.9 Å². The number of ether oxygens (including phenoxy) is 2. The highest BCUT2D eigenvalue weighted by Crippen LogP contribution is 2.26. The molecule has 0 aromatic carbocycles. The number of aliphatic hydroxyl groups is 2. The van der Waals surface area contributed by atoms with E-state index in [1.165, 1.54) is 7.11 Å². The van der Waals surface area contributed by atoms with Gasteiger partial charge in [0.1, 0.15) is 6.10 Å². The van der Waals surface area contributed by atoms with Crippen molar-refractivity contribution in [1.29, 1.82) is 0 Å². The molecular formula is C7H14O4. The van der Waals surface area contributed by atoms with Crippen molar-refractivity contribution in [2.75, 3.05) is 13.7 Å². The zero-order valence-electron chi connectivity index (χ0n) is 6.78. The second-order valence-corrected chi connectivity index (χ2v) is 3.02. The van der Waals surface area contributed by atoms with Gasteiger partial charge in [-0.25, -0.2) is 0 Å². The van der Waals surface area contributed by atoms with E-state index in [2.05, 4.69) is 0 Å². The molecule has 66 valence electrons. The number of hydrogen-bond acceptors (Lipinski definition) is 4. The van der Waals surface area contributed by atoms with Crippen LogP contribution < -0.4 is 0 Å². The number of methoxy groups -OCH3 is 1. The Morgan fingerprint density at radius 1 is 1.55 bits per heavy atom. The van der Waals surface area contributed by atoms with Gasteiger partial charge >= 0.3 is 0 Å². The summed E-state index contributed by atoms with van der Waals surface area (Å²) in [6.45, 7) is 1.88. The zero-order valence-corrected chi connectivity index (χ0v) is 6.78.